The molecule has 0 saturated heterocycles. The van der Waals surface area contributed by atoms with E-state index in [9.17, 15) is 16.8 Å². The van der Waals surface area contributed by atoms with Crippen LogP contribution in [0.1, 0.15) is 0 Å². The maximum absolute atomic E-state index is 9.41. The Morgan fingerprint density at radius 3 is 0.444 bits per heavy atom. The van der Waals surface area contributed by atoms with Gasteiger partial charge in [-0.1, -0.05) is 0 Å². The molecule has 0 radical (unpaired) electrons. The van der Waals surface area contributed by atoms with Crippen LogP contribution in [0.15, 0.2) is 0 Å². The van der Waals surface area contributed by atoms with Gasteiger partial charge in [0.25, 0.3) is 0 Å². The van der Waals surface area contributed by atoms with E-state index >= 15 is 0 Å². The quantitative estimate of drug-likeness (QED) is 0.138. The van der Waals surface area contributed by atoms with Gasteiger partial charge >= 0.3 is 31.2 Å². The SMILES string of the molecule is CS(N)(=O)=O.CS(N)(=O)=O.O.O.O=S(=O)(O)O.O=S(=O)(O)O.O=S(=O)(O)O. The highest BCUT2D eigenvalue weighted by atomic mass is 32.3. The zero-order valence-electron chi connectivity index (χ0n) is 13.0. The molecule has 0 aromatic rings. The molecule has 176 valence electrons. The molecule has 25 heteroatoms. The van der Waals surface area contributed by atoms with Crippen LogP contribution >= 0.6 is 0 Å². The van der Waals surface area contributed by atoms with Crippen molar-refractivity contribution in [1.29, 1.82) is 0 Å². The maximum Gasteiger partial charge on any atom is 0.394 e. The van der Waals surface area contributed by atoms with Gasteiger partial charge in [0.15, 0.2) is 0 Å². The fourth-order valence-electron chi connectivity index (χ4n) is 0. The number of hydrogen-bond acceptors (Lipinski definition) is 10. The van der Waals surface area contributed by atoms with E-state index in [2.05, 4.69) is 10.3 Å². The van der Waals surface area contributed by atoms with Gasteiger partial charge in [0.2, 0.25) is 20.0 Å². The first-order valence-electron chi connectivity index (χ1n) is 4.05. The van der Waals surface area contributed by atoms with Gasteiger partial charge in [-0.25, -0.2) is 27.1 Å². The maximum atomic E-state index is 9.41. The van der Waals surface area contributed by atoms with Crippen molar-refractivity contribution in [3.05, 3.63) is 0 Å². The first-order valence-corrected chi connectivity index (χ1v) is 12.2. The lowest BCUT2D eigenvalue weighted by molar-refractivity contribution is 0.378. The van der Waals surface area contributed by atoms with Crippen LogP contribution in [-0.2, 0) is 51.2 Å². The Bertz CT molecular complexity index is 628. The summed E-state index contributed by atoms with van der Waals surface area (Å²) in [6, 6.07) is 0. The van der Waals surface area contributed by atoms with E-state index in [0.717, 1.165) is 12.5 Å². The summed E-state index contributed by atoms with van der Waals surface area (Å²) in [5, 5.41) is 8.65. The van der Waals surface area contributed by atoms with Crippen LogP contribution in [0.25, 0.3) is 0 Å². The summed E-state index contributed by atoms with van der Waals surface area (Å²) in [4.78, 5) is 0. The lowest BCUT2D eigenvalue weighted by atomic mass is 12.0. The first-order chi connectivity index (χ1) is 10.0. The molecular weight excluding hydrogens is 500 g/mol. The van der Waals surface area contributed by atoms with E-state index in [-0.39, 0.29) is 11.0 Å². The number of rotatable bonds is 0. The standard InChI is InChI=1S/2CH5NO2S.3H2O4S.2H2O/c5*1-5(2,3)4;;/h2*1H3,(H2,2,3,4);3*(H2,1,2,3,4);2*1H2. The summed E-state index contributed by atoms with van der Waals surface area (Å²) in [5.41, 5.74) is 0. The molecule has 0 aromatic carbocycles. The molecule has 0 aliphatic carbocycles. The van der Waals surface area contributed by atoms with Crippen molar-refractivity contribution in [2.75, 3.05) is 12.5 Å². The molecule has 0 heterocycles. The summed E-state index contributed by atoms with van der Waals surface area (Å²) in [6.45, 7) is 0. The van der Waals surface area contributed by atoms with Crippen molar-refractivity contribution in [2.24, 2.45) is 10.3 Å². The fourth-order valence-corrected chi connectivity index (χ4v) is 0. The summed E-state index contributed by atoms with van der Waals surface area (Å²) in [7, 11) is -20.3. The van der Waals surface area contributed by atoms with Crippen LogP contribution in [0.4, 0.5) is 0 Å². The monoisotopic (exact) mass is 520 g/mol. The Labute approximate surface area is 154 Å². The van der Waals surface area contributed by atoms with Gasteiger partial charge in [-0.15, -0.1) is 0 Å². The van der Waals surface area contributed by atoms with Crippen LogP contribution in [0, 0.1) is 0 Å². The highest BCUT2D eigenvalue weighted by molar-refractivity contribution is 7.88. The van der Waals surface area contributed by atoms with E-state index in [0.29, 0.717) is 0 Å². The number of sulfonamides is 2. The minimum Gasteiger partial charge on any atom is -0.412 e. The second-order valence-electron chi connectivity index (χ2n) is 3.00. The molecule has 0 bridgehead atoms. The van der Waals surface area contributed by atoms with Crippen molar-refractivity contribution >= 4 is 51.2 Å². The minimum absolute atomic E-state index is 0. The second kappa shape index (κ2) is 17.4. The topological polar surface area (TPSA) is 407 Å². The molecule has 0 atom stereocenters. The average molecular weight is 521 g/mol. The van der Waals surface area contributed by atoms with Gasteiger partial charge in [0.05, 0.1) is 12.5 Å². The van der Waals surface area contributed by atoms with Crippen LogP contribution in [0.5, 0.6) is 0 Å². The van der Waals surface area contributed by atoms with Gasteiger partial charge in [-0.2, -0.15) is 25.3 Å². The first kappa shape index (κ1) is 45.2. The molecule has 0 aliphatic rings. The van der Waals surface area contributed by atoms with Crippen molar-refractivity contribution in [2.45, 2.75) is 0 Å². The smallest absolute Gasteiger partial charge is 0.394 e. The molecule has 0 aliphatic heterocycles. The summed E-state index contributed by atoms with van der Waals surface area (Å²) in [5.74, 6) is 0. The van der Waals surface area contributed by atoms with Gasteiger partial charge in [-0.05, 0) is 0 Å². The van der Waals surface area contributed by atoms with E-state index in [1.165, 1.54) is 0 Å². The van der Waals surface area contributed by atoms with Crippen LogP contribution in [0.3, 0.4) is 0 Å². The lowest BCUT2D eigenvalue weighted by Gasteiger charge is -1.71. The molecule has 0 fully saturated rings. The third kappa shape index (κ3) is 32700. The molecule has 0 rings (SSSR count). The van der Waals surface area contributed by atoms with Gasteiger partial charge < -0.3 is 11.0 Å². The van der Waals surface area contributed by atoms with Crippen molar-refractivity contribution < 1.29 is 80.4 Å². The van der Waals surface area contributed by atoms with E-state index in [1.807, 2.05) is 0 Å². The van der Waals surface area contributed by atoms with Crippen LogP contribution in [0.2, 0.25) is 0 Å². The van der Waals surface area contributed by atoms with E-state index in [1.54, 1.807) is 0 Å². The van der Waals surface area contributed by atoms with Crippen molar-refractivity contribution in [1.82, 2.24) is 0 Å². The lowest BCUT2D eigenvalue weighted by Crippen LogP contribution is -2.07. The zero-order chi connectivity index (χ0) is 22.5. The molecule has 14 N–H and O–H groups in total. The van der Waals surface area contributed by atoms with Crippen molar-refractivity contribution in [3.8, 4) is 0 Å². The Morgan fingerprint density at radius 1 is 0.444 bits per heavy atom. The molecule has 0 amide bonds. The van der Waals surface area contributed by atoms with Crippen LogP contribution in [-0.4, -0.2) is 92.9 Å². The molecule has 0 unspecified atom stereocenters. The Hall–Kier alpha value is -0.650. The summed E-state index contributed by atoms with van der Waals surface area (Å²) < 4.78 is 132. The predicted molar refractivity (Wildman–Crippen MR) is 87.8 cm³/mol. The molecule has 0 aromatic heterocycles. The van der Waals surface area contributed by atoms with Gasteiger partial charge in [-0.3, -0.25) is 27.3 Å². The van der Waals surface area contributed by atoms with E-state index < -0.39 is 51.2 Å². The van der Waals surface area contributed by atoms with E-state index in [4.69, 9.17) is 52.6 Å². The molecular formula is C2H20N2O18S5. The highest BCUT2D eigenvalue weighted by Crippen LogP contribution is 1.60. The molecule has 0 saturated carbocycles. The Balaban J connectivity index is -0.0000000364. The predicted octanol–water partition coefficient (Wildman–Crippen LogP) is -5.80. The zero-order valence-corrected chi connectivity index (χ0v) is 17.0. The minimum atomic E-state index is -4.67. The largest absolute Gasteiger partial charge is 0.412 e. The normalized spacial score (nSPS) is 10.7. The molecule has 0 spiro atoms. The Kier molecular flexibility index (Phi) is 29.2. The Morgan fingerprint density at radius 2 is 0.444 bits per heavy atom. The van der Waals surface area contributed by atoms with Crippen LogP contribution < -0.4 is 10.3 Å². The number of primary sulfonamides is 2. The summed E-state index contributed by atoms with van der Waals surface area (Å²) in [6.07, 6.45) is 1.88. The van der Waals surface area contributed by atoms with Gasteiger partial charge in [0, 0.05) is 0 Å². The van der Waals surface area contributed by atoms with Gasteiger partial charge in [0.1, 0.15) is 0 Å². The second-order valence-corrected chi connectivity index (χ2v) is 9.01. The fraction of sp³-hybridized carbons (Fsp3) is 1.00. The third-order valence-electron chi connectivity index (χ3n) is 0. The highest BCUT2D eigenvalue weighted by Gasteiger charge is 1.85. The summed E-state index contributed by atoms with van der Waals surface area (Å²) >= 11 is 0. The molecule has 27 heavy (non-hydrogen) atoms. The average Bonchev–Trinajstić information content (AvgIpc) is 1.79. The van der Waals surface area contributed by atoms with Crippen molar-refractivity contribution in [3.63, 3.8) is 0 Å². The number of hydrogen-bond donors (Lipinski definition) is 8. The third-order valence-corrected chi connectivity index (χ3v) is 0. The number of nitrogens with two attached hydrogens (primary N) is 2. The molecule has 20 nitrogen and oxygen atoms in total.